The van der Waals surface area contributed by atoms with Gasteiger partial charge in [0.1, 0.15) is 9.53 Å². The van der Waals surface area contributed by atoms with Gasteiger partial charge in [-0.25, -0.2) is 14.6 Å². The monoisotopic (exact) mass is 391 g/mol. The van der Waals surface area contributed by atoms with Gasteiger partial charge in [0.05, 0.1) is 5.52 Å². The highest BCUT2D eigenvalue weighted by Crippen LogP contribution is 2.35. The lowest BCUT2D eigenvalue weighted by atomic mass is 9.89. The summed E-state index contributed by atoms with van der Waals surface area (Å²) in [6.45, 7) is 5.29. The molecule has 0 saturated carbocycles. The number of hydrogen-bond donors (Lipinski definition) is 1. The number of hydrogen-bond acceptors (Lipinski definition) is 6. The maximum absolute atomic E-state index is 12.9. The molecule has 5 rings (SSSR count). The second kappa shape index (κ2) is 5.86. The summed E-state index contributed by atoms with van der Waals surface area (Å²) in [6, 6.07) is 11.7. The van der Waals surface area contributed by atoms with Gasteiger partial charge in [-0.15, -0.1) is 11.3 Å². The largest absolute Gasteiger partial charge is 0.334 e. The molecule has 7 heteroatoms. The maximum atomic E-state index is 12.9. The van der Waals surface area contributed by atoms with Crippen molar-refractivity contribution in [1.29, 1.82) is 0 Å². The third-order valence-electron chi connectivity index (χ3n) is 5.76. The molecule has 1 aliphatic heterocycles. The van der Waals surface area contributed by atoms with E-state index in [0.717, 1.165) is 39.1 Å². The smallest absolute Gasteiger partial charge is 0.290 e. The molecule has 28 heavy (non-hydrogen) atoms. The number of aromatic nitrogens is 3. The first kappa shape index (κ1) is 17.3. The summed E-state index contributed by atoms with van der Waals surface area (Å²) in [4.78, 5) is 25.8. The molecule has 0 radical (unpaired) electrons. The average molecular weight is 392 g/mol. The standard InChI is InChI=1S/C21H21N5OS/c1-21(2)10-15-13(11-25(21)3)9-14-16-17(28-19(14)23-15)20(27)26(22)18(24-16)12-7-5-4-6-8-12/h4-9H,10-11,22H2,1-3H3. The predicted molar refractivity (Wildman–Crippen MR) is 114 cm³/mol. The Bertz CT molecular complexity index is 1290. The van der Waals surface area contributed by atoms with Gasteiger partial charge in [-0.05, 0) is 32.5 Å². The molecule has 0 bridgehead atoms. The average Bonchev–Trinajstić information content (AvgIpc) is 3.02. The molecule has 4 aromatic rings. The Balaban J connectivity index is 1.80. The topological polar surface area (TPSA) is 77.0 Å². The van der Waals surface area contributed by atoms with Crippen LogP contribution in [0.25, 0.3) is 31.8 Å². The molecule has 4 heterocycles. The van der Waals surface area contributed by atoms with Crippen LogP contribution in [0.1, 0.15) is 25.1 Å². The molecular weight excluding hydrogens is 370 g/mol. The van der Waals surface area contributed by atoms with Crippen LogP contribution in [0.2, 0.25) is 0 Å². The molecular formula is C21H21N5OS. The van der Waals surface area contributed by atoms with Crippen LogP contribution >= 0.6 is 11.3 Å². The van der Waals surface area contributed by atoms with E-state index in [4.69, 9.17) is 15.8 Å². The molecule has 0 fully saturated rings. The summed E-state index contributed by atoms with van der Waals surface area (Å²) in [5.74, 6) is 6.57. The number of nitrogen functional groups attached to an aromatic ring is 1. The Morgan fingerprint density at radius 2 is 1.93 bits per heavy atom. The number of thiophene rings is 1. The van der Waals surface area contributed by atoms with Gasteiger partial charge < -0.3 is 5.84 Å². The highest BCUT2D eigenvalue weighted by molar-refractivity contribution is 7.25. The Morgan fingerprint density at radius 1 is 1.18 bits per heavy atom. The molecule has 1 aromatic carbocycles. The van der Waals surface area contributed by atoms with E-state index in [1.54, 1.807) is 0 Å². The van der Waals surface area contributed by atoms with E-state index in [2.05, 4.69) is 31.9 Å². The lowest BCUT2D eigenvalue weighted by Crippen LogP contribution is -2.46. The van der Waals surface area contributed by atoms with Crippen molar-refractivity contribution in [3.05, 3.63) is 58.0 Å². The SMILES string of the molecule is CN1Cc2cc3c(nc2CC1(C)C)sc1c(=O)n(N)c(-c2ccccc2)nc13. The Kier molecular flexibility index (Phi) is 3.63. The van der Waals surface area contributed by atoms with Gasteiger partial charge >= 0.3 is 0 Å². The number of pyridine rings is 1. The first-order chi connectivity index (χ1) is 13.3. The van der Waals surface area contributed by atoms with E-state index in [0.29, 0.717) is 16.0 Å². The first-order valence-electron chi connectivity index (χ1n) is 9.25. The summed E-state index contributed by atoms with van der Waals surface area (Å²) in [7, 11) is 2.14. The summed E-state index contributed by atoms with van der Waals surface area (Å²) in [5.41, 5.74) is 3.64. The van der Waals surface area contributed by atoms with Gasteiger partial charge in [0.25, 0.3) is 5.56 Å². The molecule has 0 atom stereocenters. The van der Waals surface area contributed by atoms with E-state index >= 15 is 0 Å². The lowest BCUT2D eigenvalue weighted by Gasteiger charge is -2.40. The van der Waals surface area contributed by atoms with E-state index in [-0.39, 0.29) is 11.1 Å². The van der Waals surface area contributed by atoms with E-state index in [1.807, 2.05) is 30.3 Å². The fourth-order valence-corrected chi connectivity index (χ4v) is 4.86. The third-order valence-corrected chi connectivity index (χ3v) is 6.83. The molecule has 1 aliphatic rings. The Hall–Kier alpha value is -2.77. The molecule has 0 amide bonds. The zero-order valence-electron chi connectivity index (χ0n) is 16.1. The second-order valence-electron chi connectivity index (χ2n) is 8.05. The third kappa shape index (κ3) is 2.47. The molecule has 6 nitrogen and oxygen atoms in total. The normalized spacial score (nSPS) is 16.5. The number of nitrogens with two attached hydrogens (primary N) is 1. The van der Waals surface area contributed by atoms with E-state index < -0.39 is 0 Å². The van der Waals surface area contributed by atoms with Crippen molar-refractivity contribution in [3.63, 3.8) is 0 Å². The molecule has 142 valence electrons. The van der Waals surface area contributed by atoms with Crippen molar-refractivity contribution in [2.24, 2.45) is 0 Å². The molecule has 0 aliphatic carbocycles. The predicted octanol–water partition coefficient (Wildman–Crippen LogP) is 3.15. The summed E-state index contributed by atoms with van der Waals surface area (Å²) < 4.78 is 1.70. The van der Waals surface area contributed by atoms with Crippen molar-refractivity contribution < 1.29 is 0 Å². The zero-order chi connectivity index (χ0) is 19.6. The number of rotatable bonds is 1. The summed E-state index contributed by atoms with van der Waals surface area (Å²) in [5, 5.41) is 0.932. The minimum atomic E-state index is -0.234. The van der Waals surface area contributed by atoms with Crippen LogP contribution in [-0.4, -0.2) is 32.1 Å². The summed E-state index contributed by atoms with van der Waals surface area (Å²) >= 11 is 1.38. The van der Waals surface area contributed by atoms with Crippen LogP contribution < -0.4 is 11.4 Å². The Morgan fingerprint density at radius 3 is 2.68 bits per heavy atom. The van der Waals surface area contributed by atoms with Gasteiger partial charge in [-0.1, -0.05) is 30.3 Å². The van der Waals surface area contributed by atoms with E-state index in [1.165, 1.54) is 16.9 Å². The number of fused-ring (bicyclic) bond motifs is 4. The number of nitrogens with zero attached hydrogens (tertiary/aromatic N) is 4. The van der Waals surface area contributed by atoms with Crippen LogP contribution in [-0.2, 0) is 13.0 Å². The van der Waals surface area contributed by atoms with Crippen LogP contribution in [0.4, 0.5) is 0 Å². The lowest BCUT2D eigenvalue weighted by molar-refractivity contribution is 0.131. The van der Waals surface area contributed by atoms with Crippen molar-refractivity contribution in [1.82, 2.24) is 19.5 Å². The number of benzene rings is 1. The minimum Gasteiger partial charge on any atom is -0.334 e. The molecule has 0 spiro atoms. The van der Waals surface area contributed by atoms with Gasteiger partial charge in [-0.2, -0.15) is 0 Å². The van der Waals surface area contributed by atoms with Crippen LogP contribution in [0.15, 0.2) is 41.2 Å². The second-order valence-corrected chi connectivity index (χ2v) is 9.05. The van der Waals surface area contributed by atoms with Gasteiger partial charge in [-0.3, -0.25) is 9.69 Å². The Labute approximate surface area is 166 Å². The quantitative estimate of drug-likeness (QED) is 0.505. The zero-order valence-corrected chi connectivity index (χ0v) is 16.9. The van der Waals surface area contributed by atoms with Crippen molar-refractivity contribution >= 4 is 31.8 Å². The van der Waals surface area contributed by atoms with Crippen LogP contribution in [0.5, 0.6) is 0 Å². The minimum absolute atomic E-state index is 0.0626. The molecule has 2 N–H and O–H groups in total. The molecule has 3 aromatic heterocycles. The van der Waals surface area contributed by atoms with Crippen molar-refractivity contribution in [2.45, 2.75) is 32.4 Å². The van der Waals surface area contributed by atoms with Crippen molar-refractivity contribution in [2.75, 3.05) is 12.9 Å². The van der Waals surface area contributed by atoms with Crippen LogP contribution in [0.3, 0.4) is 0 Å². The van der Waals surface area contributed by atoms with Gasteiger partial charge in [0, 0.05) is 35.1 Å². The fraction of sp³-hybridized carbons (Fsp3) is 0.286. The molecule has 0 unspecified atom stereocenters. The highest BCUT2D eigenvalue weighted by atomic mass is 32.1. The first-order valence-corrected chi connectivity index (χ1v) is 10.1. The summed E-state index contributed by atoms with van der Waals surface area (Å²) in [6.07, 6.45) is 0.882. The van der Waals surface area contributed by atoms with Crippen LogP contribution in [0, 0.1) is 0 Å². The van der Waals surface area contributed by atoms with Gasteiger partial charge in [0.15, 0.2) is 5.82 Å². The maximum Gasteiger partial charge on any atom is 0.290 e. The fourth-order valence-electron chi connectivity index (χ4n) is 3.81. The highest BCUT2D eigenvalue weighted by Gasteiger charge is 2.31. The molecule has 0 saturated heterocycles. The van der Waals surface area contributed by atoms with Crippen molar-refractivity contribution in [3.8, 4) is 11.4 Å². The number of likely N-dealkylation sites (N-methyl/N-ethyl adjacent to an activating group) is 1. The van der Waals surface area contributed by atoms with E-state index in [9.17, 15) is 4.79 Å². The van der Waals surface area contributed by atoms with Gasteiger partial charge in [0.2, 0.25) is 0 Å².